The summed E-state index contributed by atoms with van der Waals surface area (Å²) in [6.45, 7) is 0.146. The number of carbonyl (C=O) groups is 3. The highest BCUT2D eigenvalue weighted by Gasteiger charge is 2.34. The van der Waals surface area contributed by atoms with E-state index in [-0.39, 0.29) is 30.5 Å². The predicted molar refractivity (Wildman–Crippen MR) is 104 cm³/mol. The van der Waals surface area contributed by atoms with Gasteiger partial charge in [-0.3, -0.25) is 19.3 Å². The first-order valence-electron chi connectivity index (χ1n) is 8.26. The second-order valence-electron chi connectivity index (χ2n) is 5.57. The minimum absolute atomic E-state index is 0.0761. The Hall–Kier alpha value is -2.72. The SMILES string of the molecule is COCC(=O)NCCN1C(=O)SC(=Cc2cc(OC)c(OC)c(OC)c2)C1=O. The van der Waals surface area contributed by atoms with Gasteiger partial charge in [-0.1, -0.05) is 0 Å². The summed E-state index contributed by atoms with van der Waals surface area (Å²) in [6, 6.07) is 3.36. The van der Waals surface area contributed by atoms with E-state index < -0.39 is 11.1 Å². The van der Waals surface area contributed by atoms with Crippen LogP contribution in [-0.2, 0) is 14.3 Å². The molecule has 1 aromatic rings. The first-order chi connectivity index (χ1) is 13.4. The summed E-state index contributed by atoms with van der Waals surface area (Å²) in [7, 11) is 5.89. The maximum Gasteiger partial charge on any atom is 0.293 e. The van der Waals surface area contributed by atoms with Gasteiger partial charge in [0.2, 0.25) is 11.7 Å². The highest BCUT2D eigenvalue weighted by molar-refractivity contribution is 8.18. The zero-order valence-electron chi connectivity index (χ0n) is 16.1. The fourth-order valence-electron chi connectivity index (χ4n) is 2.52. The minimum atomic E-state index is -0.426. The van der Waals surface area contributed by atoms with Crippen molar-refractivity contribution in [1.82, 2.24) is 10.2 Å². The highest BCUT2D eigenvalue weighted by Crippen LogP contribution is 2.40. The number of imide groups is 1. The molecule has 0 spiro atoms. The largest absolute Gasteiger partial charge is 0.493 e. The van der Waals surface area contributed by atoms with Crippen LogP contribution in [0.25, 0.3) is 6.08 Å². The van der Waals surface area contributed by atoms with Crippen LogP contribution in [-0.4, -0.2) is 70.1 Å². The lowest BCUT2D eigenvalue weighted by Crippen LogP contribution is -2.38. The third-order valence-electron chi connectivity index (χ3n) is 3.79. The van der Waals surface area contributed by atoms with Gasteiger partial charge in [0.15, 0.2) is 11.5 Å². The average Bonchev–Trinajstić information content (AvgIpc) is 2.94. The van der Waals surface area contributed by atoms with Crippen molar-refractivity contribution in [3.05, 3.63) is 22.6 Å². The molecule has 28 heavy (non-hydrogen) atoms. The Morgan fingerprint density at radius 1 is 1.11 bits per heavy atom. The lowest BCUT2D eigenvalue weighted by Gasteiger charge is -2.13. The molecule has 0 radical (unpaired) electrons. The monoisotopic (exact) mass is 410 g/mol. The molecule has 1 N–H and O–H groups in total. The molecular formula is C18H22N2O7S. The molecule has 0 aromatic heterocycles. The van der Waals surface area contributed by atoms with Crippen molar-refractivity contribution >= 4 is 34.9 Å². The molecule has 0 saturated carbocycles. The van der Waals surface area contributed by atoms with Gasteiger partial charge in [0.25, 0.3) is 11.1 Å². The van der Waals surface area contributed by atoms with E-state index in [1.165, 1.54) is 28.4 Å². The van der Waals surface area contributed by atoms with Crippen LogP contribution in [0.2, 0.25) is 0 Å². The molecule has 9 nitrogen and oxygen atoms in total. The fraction of sp³-hybridized carbons (Fsp3) is 0.389. The lowest BCUT2D eigenvalue weighted by atomic mass is 10.1. The van der Waals surface area contributed by atoms with Crippen LogP contribution in [0.3, 0.4) is 0 Å². The summed E-state index contributed by atoms with van der Waals surface area (Å²) in [5.41, 5.74) is 0.619. The minimum Gasteiger partial charge on any atom is -0.493 e. The number of ether oxygens (including phenoxy) is 4. The zero-order chi connectivity index (χ0) is 20.7. The molecule has 0 unspecified atom stereocenters. The predicted octanol–water partition coefficient (Wildman–Crippen LogP) is 1.51. The molecular weight excluding hydrogens is 388 g/mol. The van der Waals surface area contributed by atoms with Crippen molar-refractivity contribution in [2.24, 2.45) is 0 Å². The Balaban J connectivity index is 2.16. The van der Waals surface area contributed by atoms with Crippen LogP contribution in [0, 0.1) is 0 Å². The molecule has 1 aromatic carbocycles. The molecule has 2 rings (SSSR count). The summed E-state index contributed by atoms with van der Waals surface area (Å²) >= 11 is 0.831. The standard InChI is InChI=1S/C18H22N2O7S/c1-24-10-15(21)19-5-6-20-17(22)14(28-18(20)23)9-11-7-12(25-2)16(27-4)13(8-11)26-3/h7-9H,5-6,10H2,1-4H3,(H,19,21). The van der Waals surface area contributed by atoms with Crippen LogP contribution in [0.1, 0.15) is 5.56 Å². The Bertz CT molecular complexity index is 769. The van der Waals surface area contributed by atoms with E-state index in [1.807, 2.05) is 0 Å². The molecule has 1 heterocycles. The number of amides is 3. The van der Waals surface area contributed by atoms with Crippen molar-refractivity contribution < 1.29 is 33.3 Å². The normalized spacial score (nSPS) is 15.1. The van der Waals surface area contributed by atoms with Gasteiger partial charge in [0, 0.05) is 20.2 Å². The van der Waals surface area contributed by atoms with Gasteiger partial charge in [0.05, 0.1) is 26.2 Å². The third kappa shape index (κ3) is 4.96. The maximum atomic E-state index is 12.5. The molecule has 152 valence electrons. The van der Waals surface area contributed by atoms with E-state index in [0.29, 0.717) is 22.8 Å². The number of hydrogen-bond acceptors (Lipinski definition) is 8. The number of nitrogens with zero attached hydrogens (tertiary/aromatic N) is 1. The van der Waals surface area contributed by atoms with Gasteiger partial charge in [-0.25, -0.2) is 0 Å². The van der Waals surface area contributed by atoms with Crippen LogP contribution in [0.5, 0.6) is 17.2 Å². The summed E-state index contributed by atoms with van der Waals surface area (Å²) in [4.78, 5) is 37.4. The van der Waals surface area contributed by atoms with Crippen LogP contribution < -0.4 is 19.5 Å². The lowest BCUT2D eigenvalue weighted by molar-refractivity contribution is -0.126. The Labute approximate surface area is 166 Å². The molecule has 3 amide bonds. The van der Waals surface area contributed by atoms with Crippen LogP contribution in [0.4, 0.5) is 4.79 Å². The van der Waals surface area contributed by atoms with E-state index in [4.69, 9.17) is 18.9 Å². The Morgan fingerprint density at radius 3 is 2.29 bits per heavy atom. The van der Waals surface area contributed by atoms with E-state index in [9.17, 15) is 14.4 Å². The molecule has 1 aliphatic heterocycles. The third-order valence-corrected chi connectivity index (χ3v) is 4.70. The second kappa shape index (κ2) is 10.00. The molecule has 0 aliphatic carbocycles. The highest BCUT2D eigenvalue weighted by atomic mass is 32.2. The van der Waals surface area contributed by atoms with E-state index in [0.717, 1.165) is 16.7 Å². The molecule has 0 bridgehead atoms. The van der Waals surface area contributed by atoms with Crippen molar-refractivity contribution in [2.75, 3.05) is 48.1 Å². The number of nitrogens with one attached hydrogen (secondary N) is 1. The van der Waals surface area contributed by atoms with Gasteiger partial charge < -0.3 is 24.3 Å². The summed E-state index contributed by atoms with van der Waals surface area (Å²) in [6.07, 6.45) is 1.58. The van der Waals surface area contributed by atoms with Gasteiger partial charge >= 0.3 is 0 Å². The molecule has 0 atom stereocenters. The number of benzene rings is 1. The van der Waals surface area contributed by atoms with Crippen LogP contribution >= 0.6 is 11.8 Å². The summed E-state index contributed by atoms with van der Waals surface area (Å²) in [5.74, 6) is 0.565. The van der Waals surface area contributed by atoms with Gasteiger partial charge in [-0.2, -0.15) is 0 Å². The summed E-state index contributed by atoms with van der Waals surface area (Å²) < 4.78 is 20.6. The number of carbonyl (C=O) groups excluding carboxylic acids is 3. The smallest absolute Gasteiger partial charge is 0.293 e. The Kier molecular flexibility index (Phi) is 7.70. The molecule has 1 saturated heterocycles. The first-order valence-corrected chi connectivity index (χ1v) is 9.07. The topological polar surface area (TPSA) is 103 Å². The van der Waals surface area contributed by atoms with Crippen LogP contribution in [0.15, 0.2) is 17.0 Å². The van der Waals surface area contributed by atoms with Crippen molar-refractivity contribution in [2.45, 2.75) is 0 Å². The van der Waals surface area contributed by atoms with Gasteiger partial charge in [-0.15, -0.1) is 0 Å². The maximum absolute atomic E-state index is 12.5. The quantitative estimate of drug-likeness (QED) is 0.611. The zero-order valence-corrected chi connectivity index (χ0v) is 16.9. The number of rotatable bonds is 9. The van der Waals surface area contributed by atoms with Crippen molar-refractivity contribution in [1.29, 1.82) is 0 Å². The molecule has 1 fully saturated rings. The average molecular weight is 410 g/mol. The second-order valence-corrected chi connectivity index (χ2v) is 6.57. The molecule has 1 aliphatic rings. The van der Waals surface area contributed by atoms with Crippen molar-refractivity contribution in [3.8, 4) is 17.2 Å². The molecule has 10 heteroatoms. The van der Waals surface area contributed by atoms with Gasteiger partial charge in [0.1, 0.15) is 6.61 Å². The van der Waals surface area contributed by atoms with E-state index in [1.54, 1.807) is 18.2 Å². The fourth-order valence-corrected chi connectivity index (χ4v) is 3.38. The Morgan fingerprint density at radius 2 is 1.75 bits per heavy atom. The summed E-state index contributed by atoms with van der Waals surface area (Å²) in [5, 5.41) is 2.17. The number of thioether (sulfide) groups is 1. The number of methoxy groups -OCH3 is 4. The first kappa shape index (κ1) is 21.6. The van der Waals surface area contributed by atoms with E-state index >= 15 is 0 Å². The van der Waals surface area contributed by atoms with Crippen molar-refractivity contribution in [3.63, 3.8) is 0 Å². The van der Waals surface area contributed by atoms with Gasteiger partial charge in [-0.05, 0) is 35.5 Å². The number of hydrogen-bond donors (Lipinski definition) is 1. The van der Waals surface area contributed by atoms with E-state index in [2.05, 4.69) is 5.32 Å².